The minimum Gasteiger partial charge on any atom is -0.507 e. The van der Waals surface area contributed by atoms with Crippen LogP contribution < -0.4 is 14.9 Å². The molecule has 2 aliphatic heterocycles. The second-order valence-corrected chi connectivity index (χ2v) is 10.2. The lowest BCUT2D eigenvalue weighted by molar-refractivity contribution is -0.318. The number of methoxy groups -OCH3 is 1. The number of phenols is 1. The minimum absolute atomic E-state index is 0.0348. The molecule has 3 aromatic rings. The highest BCUT2D eigenvalue weighted by Gasteiger charge is 2.47. The van der Waals surface area contributed by atoms with Gasteiger partial charge in [-0.2, -0.15) is 0 Å². The number of rotatable bonds is 7. The highest BCUT2D eigenvalue weighted by molar-refractivity contribution is 5.86. The zero-order chi connectivity index (χ0) is 30.3. The standard InChI is InChI=1S/C28H32O14/c1-11-21(31)23(33)25(35)27(39-11)38-10-19-22(32)24(34)26(36)28(42-19)40-14-7-15(29)20-16(30)9-17(41-18(20)8-14)12-3-5-13(37-2)6-4-12/h3-9,11,19,21-29,31-36H,10H2,1-2H3/t11-,19-,21+,22-,23+,24+,25-,26-,27-,28-/m1/s1. The molecule has 7 N–H and O–H groups in total. The van der Waals surface area contributed by atoms with Gasteiger partial charge in [-0.1, -0.05) is 0 Å². The molecule has 0 saturated carbocycles. The monoisotopic (exact) mass is 592 g/mol. The van der Waals surface area contributed by atoms with Crippen LogP contribution in [0.15, 0.2) is 51.7 Å². The summed E-state index contributed by atoms with van der Waals surface area (Å²) in [5.41, 5.74) is 0.0115. The Hall–Kier alpha value is -3.31. The topological polar surface area (TPSA) is 218 Å². The third kappa shape index (κ3) is 5.81. The van der Waals surface area contributed by atoms with E-state index in [-0.39, 0.29) is 22.5 Å². The van der Waals surface area contributed by atoms with Gasteiger partial charge in [-0.15, -0.1) is 0 Å². The van der Waals surface area contributed by atoms with Crippen molar-refractivity contribution in [3.63, 3.8) is 0 Å². The van der Waals surface area contributed by atoms with Gasteiger partial charge in [0.25, 0.3) is 0 Å². The quantitative estimate of drug-likeness (QED) is 0.179. The van der Waals surface area contributed by atoms with E-state index in [0.717, 1.165) is 6.07 Å². The molecule has 1 aromatic heterocycles. The molecule has 14 nitrogen and oxygen atoms in total. The van der Waals surface area contributed by atoms with Gasteiger partial charge in [0, 0.05) is 23.8 Å². The average molecular weight is 593 g/mol. The zero-order valence-corrected chi connectivity index (χ0v) is 22.5. The van der Waals surface area contributed by atoms with Crippen molar-refractivity contribution in [3.05, 3.63) is 52.7 Å². The first-order chi connectivity index (χ1) is 20.0. The van der Waals surface area contributed by atoms with Crippen molar-refractivity contribution in [2.24, 2.45) is 0 Å². The van der Waals surface area contributed by atoms with Crippen molar-refractivity contribution >= 4 is 11.0 Å². The van der Waals surface area contributed by atoms with E-state index in [1.807, 2.05) is 0 Å². The Morgan fingerprint density at radius 3 is 2.14 bits per heavy atom. The fourth-order valence-electron chi connectivity index (χ4n) is 4.84. The predicted molar refractivity (Wildman–Crippen MR) is 142 cm³/mol. The lowest BCUT2D eigenvalue weighted by Gasteiger charge is -2.42. The third-order valence-electron chi connectivity index (χ3n) is 7.31. The zero-order valence-electron chi connectivity index (χ0n) is 22.5. The maximum absolute atomic E-state index is 12.8. The molecule has 0 aliphatic carbocycles. The highest BCUT2D eigenvalue weighted by atomic mass is 16.7. The molecular weight excluding hydrogens is 560 g/mol. The molecule has 0 radical (unpaired) electrons. The van der Waals surface area contributed by atoms with E-state index < -0.39 is 79.2 Å². The Morgan fingerprint density at radius 1 is 0.786 bits per heavy atom. The van der Waals surface area contributed by atoms with Gasteiger partial charge in [-0.25, -0.2) is 0 Å². The SMILES string of the molecule is COc1ccc(-c2cc(=O)c3c(O)cc(O[C@@H]4O[C@H](CO[C@@H]5O[C@H](C)[C@H](O)[C@H](O)[C@H]5O)[C@@H](O)[C@H](O)[C@H]4O)cc3o2)cc1. The van der Waals surface area contributed by atoms with Crippen LogP contribution in [0.25, 0.3) is 22.3 Å². The van der Waals surface area contributed by atoms with Crippen LogP contribution in [0.5, 0.6) is 17.2 Å². The second-order valence-electron chi connectivity index (χ2n) is 10.2. The van der Waals surface area contributed by atoms with Crippen LogP contribution in [0.4, 0.5) is 0 Å². The van der Waals surface area contributed by atoms with Crippen molar-refractivity contribution in [3.8, 4) is 28.6 Å². The Bertz CT molecular complexity index is 1440. The summed E-state index contributed by atoms with van der Waals surface area (Å²) in [6.45, 7) is 0.984. The molecule has 42 heavy (non-hydrogen) atoms. The van der Waals surface area contributed by atoms with Crippen molar-refractivity contribution in [2.45, 2.75) is 68.3 Å². The molecule has 0 bridgehead atoms. The van der Waals surface area contributed by atoms with E-state index in [2.05, 4.69) is 0 Å². The normalized spacial score (nSPS) is 33.4. The summed E-state index contributed by atoms with van der Waals surface area (Å²) in [5.74, 6) is 0.238. The first-order valence-corrected chi connectivity index (χ1v) is 13.1. The largest absolute Gasteiger partial charge is 0.507 e. The summed E-state index contributed by atoms with van der Waals surface area (Å²) in [6, 6.07) is 10.4. The Morgan fingerprint density at radius 2 is 1.45 bits per heavy atom. The van der Waals surface area contributed by atoms with E-state index in [4.69, 9.17) is 28.1 Å². The van der Waals surface area contributed by atoms with Gasteiger partial charge in [-0.05, 0) is 31.2 Å². The van der Waals surface area contributed by atoms with E-state index in [9.17, 15) is 40.5 Å². The van der Waals surface area contributed by atoms with Crippen LogP contribution in [0, 0.1) is 0 Å². The Balaban J connectivity index is 1.35. The van der Waals surface area contributed by atoms with E-state index >= 15 is 0 Å². The van der Waals surface area contributed by atoms with Crippen molar-refractivity contribution < 1.29 is 63.8 Å². The highest BCUT2D eigenvalue weighted by Crippen LogP contribution is 2.34. The van der Waals surface area contributed by atoms with Gasteiger partial charge in [-0.3, -0.25) is 4.79 Å². The van der Waals surface area contributed by atoms with Gasteiger partial charge in [0.05, 0.1) is 19.8 Å². The number of benzene rings is 2. The fraction of sp³-hybridized carbons (Fsp3) is 0.464. The van der Waals surface area contributed by atoms with Crippen LogP contribution >= 0.6 is 0 Å². The summed E-state index contributed by atoms with van der Waals surface area (Å²) in [6.07, 6.45) is -14.8. The number of aliphatic hydroxyl groups excluding tert-OH is 6. The van der Waals surface area contributed by atoms with Gasteiger partial charge in [0.1, 0.15) is 76.7 Å². The van der Waals surface area contributed by atoms with Crippen LogP contribution in [-0.2, 0) is 14.2 Å². The molecular formula is C28H32O14. The van der Waals surface area contributed by atoms with E-state index in [0.29, 0.717) is 11.3 Å². The number of hydrogen-bond acceptors (Lipinski definition) is 14. The number of fused-ring (bicyclic) bond motifs is 1. The first-order valence-electron chi connectivity index (χ1n) is 13.1. The summed E-state index contributed by atoms with van der Waals surface area (Å²) in [4.78, 5) is 12.8. The van der Waals surface area contributed by atoms with Crippen LogP contribution in [0.2, 0.25) is 0 Å². The number of ether oxygens (including phenoxy) is 5. The average Bonchev–Trinajstić information content (AvgIpc) is 2.97. The van der Waals surface area contributed by atoms with Gasteiger partial charge in [0.2, 0.25) is 6.29 Å². The van der Waals surface area contributed by atoms with E-state index in [1.165, 1.54) is 26.2 Å². The van der Waals surface area contributed by atoms with Crippen molar-refractivity contribution in [1.29, 1.82) is 0 Å². The third-order valence-corrected chi connectivity index (χ3v) is 7.31. The minimum atomic E-state index is -1.76. The molecule has 2 fully saturated rings. The maximum Gasteiger partial charge on any atom is 0.229 e. The summed E-state index contributed by atoms with van der Waals surface area (Å²) in [5, 5.41) is 71.9. The molecule has 5 rings (SSSR count). The molecule has 0 unspecified atom stereocenters. The molecule has 10 atom stereocenters. The number of aromatic hydroxyl groups is 1. The number of hydrogen-bond donors (Lipinski definition) is 7. The van der Waals surface area contributed by atoms with Gasteiger partial charge in [0.15, 0.2) is 11.7 Å². The molecule has 0 spiro atoms. The summed E-state index contributed by atoms with van der Waals surface area (Å²) in [7, 11) is 1.52. The number of phenolic OH excluding ortho intramolecular Hbond substituents is 1. The molecule has 0 amide bonds. The fourth-order valence-corrected chi connectivity index (χ4v) is 4.84. The van der Waals surface area contributed by atoms with Crippen LogP contribution in [0.1, 0.15) is 6.92 Å². The second kappa shape index (κ2) is 12.1. The summed E-state index contributed by atoms with van der Waals surface area (Å²) < 4.78 is 33.2. The number of aliphatic hydroxyl groups is 6. The first kappa shape index (κ1) is 30.2. The molecule has 228 valence electrons. The van der Waals surface area contributed by atoms with Gasteiger partial charge < -0.3 is 63.8 Å². The van der Waals surface area contributed by atoms with Crippen LogP contribution in [0.3, 0.4) is 0 Å². The molecule has 14 heteroatoms. The summed E-state index contributed by atoms with van der Waals surface area (Å²) >= 11 is 0. The maximum atomic E-state index is 12.8. The smallest absolute Gasteiger partial charge is 0.229 e. The molecule has 3 heterocycles. The lowest BCUT2D eigenvalue weighted by Crippen LogP contribution is -2.61. The van der Waals surface area contributed by atoms with Gasteiger partial charge >= 0.3 is 0 Å². The Kier molecular flexibility index (Phi) is 8.71. The molecule has 2 saturated heterocycles. The van der Waals surface area contributed by atoms with E-state index in [1.54, 1.807) is 24.3 Å². The molecule has 2 aromatic carbocycles. The predicted octanol–water partition coefficient (Wildman–Crippen LogP) is -0.795. The Labute approximate surface area is 238 Å². The van der Waals surface area contributed by atoms with Crippen LogP contribution in [-0.4, -0.2) is 111 Å². The van der Waals surface area contributed by atoms with Crippen molar-refractivity contribution in [2.75, 3.05) is 13.7 Å². The lowest BCUT2D eigenvalue weighted by atomic mass is 9.98. The van der Waals surface area contributed by atoms with Crippen molar-refractivity contribution in [1.82, 2.24) is 0 Å². The molecule has 2 aliphatic rings.